The number of aromatic nitrogens is 3. The molecule has 3 heterocycles. The van der Waals surface area contributed by atoms with Crippen molar-refractivity contribution < 1.29 is 19.0 Å². The zero-order chi connectivity index (χ0) is 31.6. The number of amides is 1. The summed E-state index contributed by atoms with van der Waals surface area (Å²) in [6.45, 7) is 9.71. The van der Waals surface area contributed by atoms with Crippen LogP contribution in [-0.2, 0) is 31.2 Å². The molecule has 9 nitrogen and oxygen atoms in total. The van der Waals surface area contributed by atoms with E-state index in [9.17, 15) is 9.59 Å². The monoisotopic (exact) mass is 600 g/mol. The van der Waals surface area contributed by atoms with Gasteiger partial charge in [0.1, 0.15) is 22.6 Å². The molecule has 0 saturated carbocycles. The van der Waals surface area contributed by atoms with Crippen LogP contribution >= 0.6 is 0 Å². The highest BCUT2D eigenvalue weighted by Gasteiger charge is 2.28. The van der Waals surface area contributed by atoms with Crippen molar-refractivity contribution in [2.75, 3.05) is 27.3 Å². The SMILES string of the molecule is CCc1cc(-c2cn(C)c(=O)c3c2cnn3Cc2ccc(OC)cc2)cc(OC)c1CC1CCN(C(=O)OC(C)(C)C)CC1. The lowest BCUT2D eigenvalue weighted by molar-refractivity contribution is 0.0184. The van der Waals surface area contributed by atoms with Gasteiger partial charge in [-0.25, -0.2) is 4.79 Å². The van der Waals surface area contributed by atoms with E-state index >= 15 is 0 Å². The number of carbonyl (C=O) groups excluding carboxylic acids is 1. The van der Waals surface area contributed by atoms with Crippen LogP contribution in [0.3, 0.4) is 0 Å². The molecule has 234 valence electrons. The Morgan fingerprint density at radius 3 is 2.36 bits per heavy atom. The Balaban J connectivity index is 1.43. The Hall–Kier alpha value is -4.27. The van der Waals surface area contributed by atoms with Crippen LogP contribution in [0.25, 0.3) is 22.0 Å². The number of pyridine rings is 1. The summed E-state index contributed by atoms with van der Waals surface area (Å²) in [5.74, 6) is 2.08. The molecule has 5 rings (SSSR count). The predicted octanol–water partition coefficient (Wildman–Crippen LogP) is 6.22. The first-order valence-corrected chi connectivity index (χ1v) is 15.4. The van der Waals surface area contributed by atoms with Gasteiger partial charge in [0.05, 0.1) is 27.0 Å². The van der Waals surface area contributed by atoms with Crippen molar-refractivity contribution in [3.8, 4) is 22.6 Å². The first-order chi connectivity index (χ1) is 21.0. The van der Waals surface area contributed by atoms with Crippen LogP contribution < -0.4 is 15.0 Å². The number of rotatable bonds is 8. The fourth-order valence-corrected chi connectivity index (χ4v) is 6.07. The number of hydrogen-bond acceptors (Lipinski definition) is 6. The maximum absolute atomic E-state index is 13.4. The lowest BCUT2D eigenvalue weighted by Gasteiger charge is -2.34. The number of nitrogens with zero attached hydrogens (tertiary/aromatic N) is 4. The third-order valence-electron chi connectivity index (χ3n) is 8.44. The summed E-state index contributed by atoms with van der Waals surface area (Å²) in [6.07, 6.45) is 7.02. The number of piperidine rings is 1. The number of aryl methyl sites for hydroxylation is 2. The second-order valence-corrected chi connectivity index (χ2v) is 12.7. The van der Waals surface area contributed by atoms with E-state index in [1.807, 2.05) is 56.1 Å². The summed E-state index contributed by atoms with van der Waals surface area (Å²) in [6, 6.07) is 12.1. The number of benzene rings is 2. The molecule has 1 saturated heterocycles. The summed E-state index contributed by atoms with van der Waals surface area (Å²) < 4.78 is 20.3. The number of likely N-dealkylation sites (tertiary alicyclic amines) is 1. The third-order valence-corrected chi connectivity index (χ3v) is 8.44. The Kier molecular flexibility index (Phi) is 9.04. The quantitative estimate of drug-likeness (QED) is 0.239. The summed E-state index contributed by atoms with van der Waals surface area (Å²) in [5.41, 5.74) is 5.38. The fourth-order valence-electron chi connectivity index (χ4n) is 6.07. The van der Waals surface area contributed by atoms with E-state index < -0.39 is 5.60 Å². The van der Waals surface area contributed by atoms with E-state index in [-0.39, 0.29) is 11.7 Å². The molecule has 1 amide bonds. The molecular weight excluding hydrogens is 556 g/mol. The van der Waals surface area contributed by atoms with Gasteiger partial charge in [0.2, 0.25) is 0 Å². The summed E-state index contributed by atoms with van der Waals surface area (Å²) in [4.78, 5) is 27.7. The molecule has 1 fully saturated rings. The molecule has 1 aliphatic heterocycles. The van der Waals surface area contributed by atoms with Gasteiger partial charge in [-0.15, -0.1) is 0 Å². The van der Waals surface area contributed by atoms with Crippen LogP contribution in [-0.4, -0.2) is 58.3 Å². The smallest absolute Gasteiger partial charge is 0.410 e. The van der Waals surface area contributed by atoms with E-state index in [1.54, 1.807) is 36.7 Å². The zero-order valence-corrected chi connectivity index (χ0v) is 27.0. The van der Waals surface area contributed by atoms with Crippen molar-refractivity contribution in [2.24, 2.45) is 13.0 Å². The normalized spacial score (nSPS) is 14.2. The second kappa shape index (κ2) is 12.8. The lowest BCUT2D eigenvalue weighted by Crippen LogP contribution is -2.42. The molecule has 0 bridgehead atoms. The number of ether oxygens (including phenoxy) is 3. The van der Waals surface area contributed by atoms with E-state index in [0.29, 0.717) is 31.1 Å². The minimum Gasteiger partial charge on any atom is -0.497 e. The minimum absolute atomic E-state index is 0.0909. The average Bonchev–Trinajstić information content (AvgIpc) is 3.42. The van der Waals surface area contributed by atoms with Crippen molar-refractivity contribution in [1.29, 1.82) is 0 Å². The van der Waals surface area contributed by atoms with Gasteiger partial charge < -0.3 is 23.7 Å². The first kappa shape index (κ1) is 31.2. The van der Waals surface area contributed by atoms with Crippen LogP contribution in [0, 0.1) is 5.92 Å². The van der Waals surface area contributed by atoms with Gasteiger partial charge in [-0.2, -0.15) is 5.10 Å². The standard InChI is InChI=1S/C35H44N4O5/c1-8-25-18-26(19-31(43-7)28(25)17-23-13-15-38(16-14-23)34(41)44-35(2,3)4)30-22-37(5)33(40)32-29(30)20-36-39(32)21-24-9-11-27(42-6)12-10-24/h9-12,18-20,22-23H,8,13-17,21H2,1-7H3. The van der Waals surface area contributed by atoms with Crippen LogP contribution in [0.2, 0.25) is 0 Å². The number of methoxy groups -OCH3 is 2. The largest absolute Gasteiger partial charge is 0.497 e. The summed E-state index contributed by atoms with van der Waals surface area (Å²) in [5, 5.41) is 5.46. The highest BCUT2D eigenvalue weighted by atomic mass is 16.6. The molecule has 9 heteroatoms. The third kappa shape index (κ3) is 6.61. The van der Waals surface area contributed by atoms with Crippen LogP contribution in [0.4, 0.5) is 4.79 Å². The molecule has 0 radical (unpaired) electrons. The molecule has 0 spiro atoms. The first-order valence-electron chi connectivity index (χ1n) is 15.4. The van der Waals surface area contributed by atoms with Crippen molar-refractivity contribution in [3.63, 3.8) is 0 Å². The fraction of sp³-hybridized carbons (Fsp3) is 0.457. The Morgan fingerprint density at radius 1 is 1.05 bits per heavy atom. The molecule has 0 atom stereocenters. The van der Waals surface area contributed by atoms with Gasteiger partial charge in [-0.1, -0.05) is 25.1 Å². The van der Waals surface area contributed by atoms with E-state index in [0.717, 1.165) is 59.3 Å². The Bertz CT molecular complexity index is 1660. The second-order valence-electron chi connectivity index (χ2n) is 12.7. The van der Waals surface area contributed by atoms with Gasteiger partial charge >= 0.3 is 6.09 Å². The van der Waals surface area contributed by atoms with Crippen molar-refractivity contribution >= 4 is 17.0 Å². The van der Waals surface area contributed by atoms with Gasteiger partial charge in [-0.3, -0.25) is 9.48 Å². The van der Waals surface area contributed by atoms with Crippen LogP contribution in [0.5, 0.6) is 11.5 Å². The molecule has 2 aromatic heterocycles. The molecule has 0 N–H and O–H groups in total. The van der Waals surface area contributed by atoms with Crippen molar-refractivity contribution in [3.05, 3.63) is 75.8 Å². The molecule has 0 aliphatic carbocycles. The molecule has 0 unspecified atom stereocenters. The minimum atomic E-state index is -0.495. The molecule has 4 aromatic rings. The zero-order valence-electron chi connectivity index (χ0n) is 27.0. The van der Waals surface area contributed by atoms with E-state index in [1.165, 1.54) is 11.1 Å². The molecular formula is C35H44N4O5. The predicted molar refractivity (Wildman–Crippen MR) is 173 cm³/mol. The molecule has 1 aliphatic rings. The number of fused-ring (bicyclic) bond motifs is 1. The summed E-state index contributed by atoms with van der Waals surface area (Å²) in [7, 11) is 5.15. The van der Waals surface area contributed by atoms with Gasteiger partial charge in [0.25, 0.3) is 5.56 Å². The van der Waals surface area contributed by atoms with Crippen molar-refractivity contribution in [1.82, 2.24) is 19.2 Å². The average molecular weight is 601 g/mol. The van der Waals surface area contributed by atoms with Gasteiger partial charge in [0, 0.05) is 37.3 Å². The van der Waals surface area contributed by atoms with Crippen molar-refractivity contribution in [2.45, 2.75) is 65.5 Å². The Labute approximate surface area is 259 Å². The molecule has 44 heavy (non-hydrogen) atoms. The maximum Gasteiger partial charge on any atom is 0.410 e. The topological polar surface area (TPSA) is 87.8 Å². The molecule has 2 aromatic carbocycles. The highest BCUT2D eigenvalue weighted by Crippen LogP contribution is 2.36. The number of hydrogen-bond donors (Lipinski definition) is 0. The Morgan fingerprint density at radius 2 is 1.75 bits per heavy atom. The highest BCUT2D eigenvalue weighted by molar-refractivity contribution is 5.94. The van der Waals surface area contributed by atoms with Gasteiger partial charge in [-0.05, 0) is 92.8 Å². The van der Waals surface area contributed by atoms with Crippen LogP contribution in [0.1, 0.15) is 57.2 Å². The van der Waals surface area contributed by atoms with Gasteiger partial charge in [0.15, 0.2) is 0 Å². The maximum atomic E-state index is 13.4. The summed E-state index contributed by atoms with van der Waals surface area (Å²) >= 11 is 0. The lowest BCUT2D eigenvalue weighted by atomic mass is 9.86. The van der Waals surface area contributed by atoms with Crippen LogP contribution in [0.15, 0.2) is 53.6 Å². The van der Waals surface area contributed by atoms with E-state index in [2.05, 4.69) is 24.2 Å². The van der Waals surface area contributed by atoms with E-state index in [4.69, 9.17) is 14.2 Å². The number of carbonyl (C=O) groups is 1.